The first-order valence-electron chi connectivity index (χ1n) is 5.18. The lowest BCUT2D eigenvalue weighted by molar-refractivity contribution is 0.410. The molecule has 0 aliphatic heterocycles. The van der Waals surface area contributed by atoms with Gasteiger partial charge in [0.05, 0.1) is 22.3 Å². The molecule has 0 saturated heterocycles. The van der Waals surface area contributed by atoms with Gasteiger partial charge in [0.25, 0.3) is 0 Å². The number of thiazole rings is 1. The molecule has 0 aliphatic rings. The molecule has 0 saturated carbocycles. The predicted octanol–water partition coefficient (Wildman–Crippen LogP) is 3.57. The highest BCUT2D eigenvalue weighted by Crippen LogP contribution is 2.30. The first kappa shape index (κ1) is 10.4. The zero-order valence-corrected chi connectivity index (χ0v) is 10.1. The molecule has 0 fully saturated rings. The number of aromatic nitrogens is 1. The molecule has 2 aromatic rings. The number of hydrogen-bond donors (Lipinski definition) is 0. The quantitative estimate of drug-likeness (QED) is 0.790. The monoisotopic (exact) mass is 221 g/mol. The summed E-state index contributed by atoms with van der Waals surface area (Å²) in [6, 6.07) is 4.26. The van der Waals surface area contributed by atoms with Crippen LogP contribution in [-0.2, 0) is 6.42 Å². The van der Waals surface area contributed by atoms with E-state index in [1.54, 1.807) is 18.4 Å². The molecule has 1 aromatic heterocycles. The van der Waals surface area contributed by atoms with Crippen LogP contribution in [0.25, 0.3) is 10.2 Å². The molecule has 0 bridgehead atoms. The van der Waals surface area contributed by atoms with Crippen molar-refractivity contribution in [3.05, 3.63) is 22.7 Å². The molecule has 2 rings (SSSR count). The van der Waals surface area contributed by atoms with E-state index in [0.29, 0.717) is 0 Å². The third-order valence-electron chi connectivity index (χ3n) is 2.42. The number of rotatable bonds is 3. The van der Waals surface area contributed by atoms with Gasteiger partial charge in [-0.3, -0.25) is 0 Å². The minimum Gasteiger partial charge on any atom is -0.496 e. The van der Waals surface area contributed by atoms with Crippen molar-refractivity contribution in [2.45, 2.75) is 26.7 Å². The zero-order chi connectivity index (χ0) is 10.8. The van der Waals surface area contributed by atoms with E-state index in [4.69, 9.17) is 4.74 Å². The van der Waals surface area contributed by atoms with Gasteiger partial charge < -0.3 is 4.74 Å². The third-order valence-corrected chi connectivity index (χ3v) is 3.35. The Morgan fingerprint density at radius 1 is 1.40 bits per heavy atom. The van der Waals surface area contributed by atoms with Crippen LogP contribution >= 0.6 is 11.3 Å². The van der Waals surface area contributed by atoms with Gasteiger partial charge in [-0.1, -0.05) is 13.3 Å². The highest BCUT2D eigenvalue weighted by Gasteiger charge is 2.07. The number of fused-ring (bicyclic) bond motifs is 1. The zero-order valence-electron chi connectivity index (χ0n) is 9.33. The summed E-state index contributed by atoms with van der Waals surface area (Å²) in [6.45, 7) is 4.22. The summed E-state index contributed by atoms with van der Waals surface area (Å²) >= 11 is 1.74. The number of aryl methyl sites for hydroxylation is 2. The molecule has 80 valence electrons. The highest BCUT2D eigenvalue weighted by molar-refractivity contribution is 7.18. The predicted molar refractivity (Wildman–Crippen MR) is 64.9 cm³/mol. The van der Waals surface area contributed by atoms with Gasteiger partial charge in [0.15, 0.2) is 0 Å². The average molecular weight is 221 g/mol. The Morgan fingerprint density at radius 2 is 2.20 bits per heavy atom. The number of methoxy groups -OCH3 is 1. The Bertz CT molecular complexity index is 476. The molecule has 0 spiro atoms. The van der Waals surface area contributed by atoms with Crippen LogP contribution in [-0.4, -0.2) is 12.1 Å². The van der Waals surface area contributed by atoms with Gasteiger partial charge in [-0.15, -0.1) is 11.3 Å². The normalized spacial score (nSPS) is 10.9. The molecule has 1 aromatic carbocycles. The van der Waals surface area contributed by atoms with Gasteiger partial charge in [-0.2, -0.15) is 0 Å². The summed E-state index contributed by atoms with van der Waals surface area (Å²) in [4.78, 5) is 4.46. The Morgan fingerprint density at radius 3 is 2.87 bits per heavy atom. The van der Waals surface area contributed by atoms with Crippen molar-refractivity contribution >= 4 is 21.6 Å². The SMILES string of the molecule is CCCc1cc2sc(C)nc2cc1OC. The molecule has 0 amide bonds. The van der Waals surface area contributed by atoms with Crippen molar-refractivity contribution in [2.24, 2.45) is 0 Å². The maximum absolute atomic E-state index is 5.38. The molecule has 0 unspecified atom stereocenters. The fraction of sp³-hybridized carbons (Fsp3) is 0.417. The van der Waals surface area contributed by atoms with Crippen LogP contribution in [0.5, 0.6) is 5.75 Å². The fourth-order valence-electron chi connectivity index (χ4n) is 1.77. The number of hydrogen-bond acceptors (Lipinski definition) is 3. The smallest absolute Gasteiger partial charge is 0.124 e. The van der Waals surface area contributed by atoms with E-state index in [0.717, 1.165) is 29.1 Å². The summed E-state index contributed by atoms with van der Waals surface area (Å²) in [5.74, 6) is 0.967. The van der Waals surface area contributed by atoms with Gasteiger partial charge in [0.2, 0.25) is 0 Å². The van der Waals surface area contributed by atoms with Gasteiger partial charge in [0.1, 0.15) is 5.75 Å². The summed E-state index contributed by atoms with van der Waals surface area (Å²) < 4.78 is 6.64. The van der Waals surface area contributed by atoms with Crippen molar-refractivity contribution in [3.8, 4) is 5.75 Å². The lowest BCUT2D eigenvalue weighted by atomic mass is 10.1. The Hall–Kier alpha value is -1.09. The molecule has 0 atom stereocenters. The lowest BCUT2D eigenvalue weighted by Gasteiger charge is -2.06. The van der Waals surface area contributed by atoms with Crippen molar-refractivity contribution in [2.75, 3.05) is 7.11 Å². The van der Waals surface area contributed by atoms with E-state index < -0.39 is 0 Å². The molecule has 1 heterocycles. The van der Waals surface area contributed by atoms with E-state index in [9.17, 15) is 0 Å². The van der Waals surface area contributed by atoms with Crippen molar-refractivity contribution in [1.29, 1.82) is 0 Å². The molecule has 0 radical (unpaired) electrons. The average Bonchev–Trinajstić information content (AvgIpc) is 2.56. The van der Waals surface area contributed by atoms with Gasteiger partial charge in [0, 0.05) is 6.07 Å². The number of ether oxygens (including phenoxy) is 1. The maximum atomic E-state index is 5.38. The minimum atomic E-state index is 0.967. The molecule has 0 aliphatic carbocycles. The first-order chi connectivity index (χ1) is 7.24. The van der Waals surface area contributed by atoms with Crippen LogP contribution in [0.3, 0.4) is 0 Å². The Labute approximate surface area is 93.9 Å². The van der Waals surface area contributed by atoms with Gasteiger partial charge in [-0.05, 0) is 25.0 Å². The summed E-state index contributed by atoms with van der Waals surface area (Å²) in [5.41, 5.74) is 2.34. The van der Waals surface area contributed by atoms with Crippen molar-refractivity contribution in [1.82, 2.24) is 4.98 Å². The summed E-state index contributed by atoms with van der Waals surface area (Å²) in [5, 5.41) is 1.11. The van der Waals surface area contributed by atoms with E-state index in [1.165, 1.54) is 10.3 Å². The number of benzene rings is 1. The lowest BCUT2D eigenvalue weighted by Crippen LogP contribution is -1.91. The fourth-order valence-corrected chi connectivity index (χ4v) is 2.64. The van der Waals surface area contributed by atoms with Crippen LogP contribution in [0.1, 0.15) is 23.9 Å². The molecule has 3 heteroatoms. The van der Waals surface area contributed by atoms with Crippen LogP contribution in [0.2, 0.25) is 0 Å². The standard InChI is InChI=1S/C12H15NOS/c1-4-5-9-6-12-10(7-11(9)14-3)13-8(2)15-12/h6-7H,4-5H2,1-3H3. The number of nitrogens with zero attached hydrogens (tertiary/aromatic N) is 1. The second kappa shape index (κ2) is 4.19. The topological polar surface area (TPSA) is 22.1 Å². The van der Waals surface area contributed by atoms with Gasteiger partial charge >= 0.3 is 0 Å². The molecular weight excluding hydrogens is 206 g/mol. The summed E-state index contributed by atoms with van der Waals surface area (Å²) in [6.07, 6.45) is 2.20. The van der Waals surface area contributed by atoms with Crippen LogP contribution in [0.4, 0.5) is 0 Å². The largest absolute Gasteiger partial charge is 0.496 e. The van der Waals surface area contributed by atoms with E-state index in [2.05, 4.69) is 18.0 Å². The van der Waals surface area contributed by atoms with E-state index in [1.807, 2.05) is 13.0 Å². The molecule has 0 N–H and O–H groups in total. The highest BCUT2D eigenvalue weighted by atomic mass is 32.1. The Kier molecular flexibility index (Phi) is 2.91. The Balaban J connectivity index is 2.57. The second-order valence-electron chi connectivity index (χ2n) is 3.61. The van der Waals surface area contributed by atoms with Crippen LogP contribution in [0.15, 0.2) is 12.1 Å². The molecular formula is C12H15NOS. The van der Waals surface area contributed by atoms with E-state index >= 15 is 0 Å². The van der Waals surface area contributed by atoms with Crippen LogP contribution in [0, 0.1) is 6.92 Å². The van der Waals surface area contributed by atoms with E-state index in [-0.39, 0.29) is 0 Å². The minimum absolute atomic E-state index is 0.967. The third kappa shape index (κ3) is 1.97. The molecule has 15 heavy (non-hydrogen) atoms. The molecule has 2 nitrogen and oxygen atoms in total. The van der Waals surface area contributed by atoms with Crippen molar-refractivity contribution in [3.63, 3.8) is 0 Å². The second-order valence-corrected chi connectivity index (χ2v) is 4.85. The first-order valence-corrected chi connectivity index (χ1v) is 6.00. The summed E-state index contributed by atoms with van der Waals surface area (Å²) in [7, 11) is 1.72. The van der Waals surface area contributed by atoms with Gasteiger partial charge in [-0.25, -0.2) is 4.98 Å². The van der Waals surface area contributed by atoms with Crippen LogP contribution < -0.4 is 4.74 Å². The van der Waals surface area contributed by atoms with Crippen molar-refractivity contribution < 1.29 is 4.74 Å². The maximum Gasteiger partial charge on any atom is 0.124 e.